The summed E-state index contributed by atoms with van der Waals surface area (Å²) in [6, 6.07) is 81.8. The molecule has 0 saturated heterocycles. The van der Waals surface area contributed by atoms with E-state index >= 15 is 0 Å². The van der Waals surface area contributed by atoms with Crippen molar-refractivity contribution in [2.45, 2.75) is 0 Å². The normalized spacial score (nSPS) is 10.0. The van der Waals surface area contributed by atoms with Gasteiger partial charge in [0.15, 0.2) is 0 Å². The zero-order chi connectivity index (χ0) is 40.9. The number of nitrogens with one attached hydrogen (secondary N) is 8. The molecule has 60 heavy (non-hydrogen) atoms. The fraction of sp³-hybridized carbons (Fsp3) is 0. The maximum absolute atomic E-state index is 3.63. The summed E-state index contributed by atoms with van der Waals surface area (Å²) in [5, 5.41) is 29.1. The third-order valence-corrected chi connectivity index (χ3v) is 9.43. The lowest BCUT2D eigenvalue weighted by Crippen LogP contribution is -2.58. The highest BCUT2D eigenvalue weighted by atomic mass is 15.0. The van der Waals surface area contributed by atoms with Crippen LogP contribution in [0.5, 0.6) is 0 Å². The molecule has 0 spiro atoms. The Morgan fingerprint density at radius 2 is 0.250 bits per heavy atom. The van der Waals surface area contributed by atoms with E-state index in [0.29, 0.717) is 0 Å². The summed E-state index contributed by atoms with van der Waals surface area (Å²) in [6.07, 6.45) is 0. The first kappa shape index (κ1) is 40.6. The Hall–Kier alpha value is -7.58. The van der Waals surface area contributed by atoms with E-state index in [1.807, 2.05) is 146 Å². The molecule has 8 rings (SSSR count). The standard InChI is InChI=1S/2C24H24B2N4/c2*1-5-13-21(14-6-1)27-25(28-22-15-7-2-8-16-22)26(29-23-17-9-3-10-18-23)30-24-19-11-4-12-20-24/h2*1-20,27-30H. The first-order chi connectivity index (χ1) is 29.7. The minimum atomic E-state index is -0.143. The smallest absolute Gasteiger partial charge is 0.385 e. The van der Waals surface area contributed by atoms with Crippen molar-refractivity contribution in [2.24, 2.45) is 0 Å². The van der Waals surface area contributed by atoms with Crippen molar-refractivity contribution in [3.8, 4) is 0 Å². The first-order valence-corrected chi connectivity index (χ1v) is 20.3. The van der Waals surface area contributed by atoms with Gasteiger partial charge in [-0.3, -0.25) is 0 Å². The Morgan fingerprint density at radius 3 is 0.350 bits per heavy atom. The molecule has 0 aliphatic heterocycles. The summed E-state index contributed by atoms with van der Waals surface area (Å²) in [7, 11) is 0. The molecule has 0 amide bonds. The number of hydrogen-bond acceptors (Lipinski definition) is 8. The molecule has 0 bridgehead atoms. The number of benzene rings is 8. The molecule has 0 saturated carbocycles. The zero-order valence-corrected chi connectivity index (χ0v) is 33.4. The minimum absolute atomic E-state index is 0.143. The Balaban J connectivity index is 0.000000181. The number of anilines is 8. The average molecular weight is 780 g/mol. The van der Waals surface area contributed by atoms with Gasteiger partial charge in [-0.1, -0.05) is 146 Å². The number of para-hydroxylation sites is 8. The molecule has 8 N–H and O–H groups in total. The summed E-state index contributed by atoms with van der Waals surface area (Å²) < 4.78 is 0. The van der Waals surface area contributed by atoms with Crippen LogP contribution in [-0.4, -0.2) is 27.5 Å². The summed E-state index contributed by atoms with van der Waals surface area (Å²) in [4.78, 5) is 0. The lowest BCUT2D eigenvalue weighted by Gasteiger charge is -2.27. The van der Waals surface area contributed by atoms with Crippen LogP contribution in [0.3, 0.4) is 0 Å². The van der Waals surface area contributed by atoms with E-state index in [4.69, 9.17) is 0 Å². The number of hydrogen-bond donors (Lipinski definition) is 8. The van der Waals surface area contributed by atoms with Crippen molar-refractivity contribution in [3.05, 3.63) is 243 Å². The van der Waals surface area contributed by atoms with Crippen LogP contribution >= 0.6 is 0 Å². The third kappa shape index (κ3) is 13.2. The van der Waals surface area contributed by atoms with Crippen LogP contribution in [0, 0.1) is 0 Å². The maximum atomic E-state index is 3.63. The largest absolute Gasteiger partial charge is 0.412 e. The molecule has 0 heterocycles. The molecule has 0 aliphatic carbocycles. The van der Waals surface area contributed by atoms with E-state index in [1.165, 1.54) is 0 Å². The van der Waals surface area contributed by atoms with Gasteiger partial charge < -0.3 is 41.8 Å². The molecular weight excluding hydrogens is 732 g/mol. The first-order valence-electron chi connectivity index (χ1n) is 20.3. The van der Waals surface area contributed by atoms with Gasteiger partial charge in [0.1, 0.15) is 0 Å². The quantitative estimate of drug-likeness (QED) is 0.0408. The zero-order valence-electron chi connectivity index (χ0n) is 33.4. The highest BCUT2D eigenvalue weighted by Crippen LogP contribution is 2.18. The minimum Gasteiger partial charge on any atom is -0.412 e. The van der Waals surface area contributed by atoms with E-state index in [0.717, 1.165) is 45.5 Å². The number of rotatable bonds is 18. The molecule has 8 nitrogen and oxygen atoms in total. The Bertz CT molecular complexity index is 1840. The topological polar surface area (TPSA) is 96.2 Å². The van der Waals surface area contributed by atoms with E-state index in [1.54, 1.807) is 0 Å². The SMILES string of the molecule is c1ccc(NB(Nc2ccccc2)B(Nc2ccccc2)Nc2ccccc2)cc1.c1ccc(NB(Nc2ccccc2)B(Nc2ccccc2)Nc2ccccc2)cc1. The predicted molar refractivity (Wildman–Crippen MR) is 264 cm³/mol. The van der Waals surface area contributed by atoms with E-state index < -0.39 is 0 Å². The van der Waals surface area contributed by atoms with Crippen LogP contribution in [-0.2, 0) is 0 Å². The van der Waals surface area contributed by atoms with E-state index in [-0.39, 0.29) is 27.5 Å². The van der Waals surface area contributed by atoms with Gasteiger partial charge in [-0.2, -0.15) is 0 Å². The summed E-state index contributed by atoms with van der Waals surface area (Å²) in [6.45, 7) is -0.573. The highest BCUT2D eigenvalue weighted by molar-refractivity contribution is 7.27. The molecular formula is C48H48B4N8. The second kappa shape index (κ2) is 22.4. The van der Waals surface area contributed by atoms with Crippen molar-refractivity contribution < 1.29 is 0 Å². The van der Waals surface area contributed by atoms with Gasteiger partial charge in [0.25, 0.3) is 0 Å². The Morgan fingerprint density at radius 1 is 0.150 bits per heavy atom. The Labute approximate surface area is 356 Å². The lowest BCUT2D eigenvalue weighted by molar-refractivity contribution is 1.59. The lowest BCUT2D eigenvalue weighted by atomic mass is 9.34. The van der Waals surface area contributed by atoms with Gasteiger partial charge in [0.2, 0.25) is 0 Å². The highest BCUT2D eigenvalue weighted by Gasteiger charge is 2.35. The van der Waals surface area contributed by atoms with Gasteiger partial charge in [0.05, 0.1) is 0 Å². The molecule has 0 radical (unpaired) electrons. The van der Waals surface area contributed by atoms with Crippen LogP contribution in [0.1, 0.15) is 0 Å². The molecule has 0 fully saturated rings. The summed E-state index contributed by atoms with van der Waals surface area (Å²) in [5.41, 5.74) is 8.34. The maximum Gasteiger partial charge on any atom is 0.385 e. The molecule has 0 atom stereocenters. The molecule has 0 aromatic heterocycles. The monoisotopic (exact) mass is 780 g/mol. The Kier molecular flexibility index (Phi) is 15.1. The van der Waals surface area contributed by atoms with E-state index in [2.05, 4.69) is 139 Å². The fourth-order valence-corrected chi connectivity index (χ4v) is 6.52. The van der Waals surface area contributed by atoms with Crippen molar-refractivity contribution in [2.75, 3.05) is 41.8 Å². The second-order valence-electron chi connectivity index (χ2n) is 14.0. The molecule has 12 heteroatoms. The van der Waals surface area contributed by atoms with Gasteiger partial charge >= 0.3 is 27.5 Å². The predicted octanol–water partition coefficient (Wildman–Crippen LogP) is 11.0. The second-order valence-corrected chi connectivity index (χ2v) is 14.0. The van der Waals surface area contributed by atoms with Gasteiger partial charge in [0, 0.05) is 45.5 Å². The summed E-state index contributed by atoms with van der Waals surface area (Å²) >= 11 is 0. The van der Waals surface area contributed by atoms with Crippen molar-refractivity contribution in [1.82, 2.24) is 0 Å². The van der Waals surface area contributed by atoms with Gasteiger partial charge in [-0.15, -0.1) is 0 Å². The molecule has 0 unspecified atom stereocenters. The van der Waals surface area contributed by atoms with Crippen molar-refractivity contribution >= 4 is 73.0 Å². The van der Waals surface area contributed by atoms with Crippen molar-refractivity contribution in [3.63, 3.8) is 0 Å². The van der Waals surface area contributed by atoms with Gasteiger partial charge in [-0.25, -0.2) is 0 Å². The fourth-order valence-electron chi connectivity index (χ4n) is 6.52. The van der Waals surface area contributed by atoms with Crippen LogP contribution in [0.25, 0.3) is 0 Å². The third-order valence-electron chi connectivity index (χ3n) is 9.43. The molecule has 0 aliphatic rings. The van der Waals surface area contributed by atoms with Gasteiger partial charge in [-0.05, 0) is 97.1 Å². The molecule has 8 aromatic rings. The van der Waals surface area contributed by atoms with Crippen LogP contribution in [0.15, 0.2) is 243 Å². The molecule has 8 aromatic carbocycles. The van der Waals surface area contributed by atoms with Crippen LogP contribution < -0.4 is 41.8 Å². The average Bonchev–Trinajstić information content (AvgIpc) is 3.31. The van der Waals surface area contributed by atoms with Crippen molar-refractivity contribution in [1.29, 1.82) is 0 Å². The van der Waals surface area contributed by atoms with Crippen LogP contribution in [0.2, 0.25) is 0 Å². The van der Waals surface area contributed by atoms with E-state index in [9.17, 15) is 0 Å². The summed E-state index contributed by atoms with van der Waals surface area (Å²) in [5.74, 6) is 0. The molecule has 292 valence electrons. The van der Waals surface area contributed by atoms with Crippen LogP contribution in [0.4, 0.5) is 45.5 Å².